The van der Waals surface area contributed by atoms with Crippen LogP contribution in [0.3, 0.4) is 0 Å². The molecule has 0 radical (unpaired) electrons. The van der Waals surface area contributed by atoms with Crippen LogP contribution in [-0.2, 0) is 6.54 Å². The molecule has 106 valence electrons. The number of hydrogen-bond acceptors (Lipinski definition) is 2. The molecule has 1 aliphatic carbocycles. The highest BCUT2D eigenvalue weighted by atomic mass is 35.5. The van der Waals surface area contributed by atoms with E-state index in [1.54, 1.807) is 0 Å². The molecule has 1 aromatic carbocycles. The summed E-state index contributed by atoms with van der Waals surface area (Å²) in [5.41, 5.74) is 3.20. The maximum atomic E-state index is 6.22. The highest BCUT2D eigenvalue weighted by Gasteiger charge is 2.17. The quantitative estimate of drug-likeness (QED) is 0.893. The van der Waals surface area contributed by atoms with Gasteiger partial charge in [0.15, 0.2) is 0 Å². The van der Waals surface area contributed by atoms with Crippen LogP contribution in [-0.4, -0.2) is 9.78 Å². The third-order valence-electron chi connectivity index (χ3n) is 3.95. The fraction of sp³-hybridized carbons (Fsp3) is 0.438. The number of anilines is 1. The lowest BCUT2D eigenvalue weighted by molar-refractivity contribution is 0.463. The van der Waals surface area contributed by atoms with Crippen LogP contribution < -0.4 is 5.32 Å². The van der Waals surface area contributed by atoms with Crippen molar-refractivity contribution in [3.8, 4) is 0 Å². The average molecular weight is 290 g/mol. The third kappa shape index (κ3) is 2.98. The Balaban J connectivity index is 1.63. The van der Waals surface area contributed by atoms with Gasteiger partial charge in [0.25, 0.3) is 0 Å². The number of nitrogens with one attached hydrogen (secondary N) is 1. The molecule has 0 saturated heterocycles. The standard InChI is InChI=1S/C16H20ClN3/c1-12-6-7-16(15(17)10-12)18-11-13-8-9-20(19-13)14-4-2-3-5-14/h6-10,14,18H,2-5,11H2,1H3. The van der Waals surface area contributed by atoms with Crippen molar-refractivity contribution < 1.29 is 0 Å². The lowest BCUT2D eigenvalue weighted by Gasteiger charge is -2.10. The fourth-order valence-corrected chi connectivity index (χ4v) is 3.10. The topological polar surface area (TPSA) is 29.9 Å². The summed E-state index contributed by atoms with van der Waals surface area (Å²) in [6, 6.07) is 8.75. The Labute approximate surface area is 124 Å². The minimum Gasteiger partial charge on any atom is -0.378 e. The minimum atomic E-state index is 0.603. The van der Waals surface area contributed by atoms with Crippen molar-refractivity contribution in [2.24, 2.45) is 0 Å². The van der Waals surface area contributed by atoms with Gasteiger partial charge in [-0.2, -0.15) is 5.10 Å². The Morgan fingerprint density at radius 3 is 2.85 bits per heavy atom. The summed E-state index contributed by atoms with van der Waals surface area (Å²) in [5, 5.41) is 8.78. The second-order valence-corrected chi connectivity index (χ2v) is 5.97. The molecular weight excluding hydrogens is 270 g/mol. The molecule has 0 amide bonds. The molecule has 1 aromatic heterocycles. The highest BCUT2D eigenvalue weighted by molar-refractivity contribution is 6.33. The summed E-state index contributed by atoms with van der Waals surface area (Å²) in [4.78, 5) is 0. The van der Waals surface area contributed by atoms with Gasteiger partial charge in [0, 0.05) is 6.20 Å². The SMILES string of the molecule is Cc1ccc(NCc2ccn(C3CCCC3)n2)c(Cl)c1. The molecule has 0 aliphatic heterocycles. The van der Waals surface area contributed by atoms with E-state index in [0.29, 0.717) is 12.6 Å². The molecule has 1 heterocycles. The van der Waals surface area contributed by atoms with E-state index in [1.807, 2.05) is 19.1 Å². The second-order valence-electron chi connectivity index (χ2n) is 5.56. The maximum absolute atomic E-state index is 6.22. The van der Waals surface area contributed by atoms with Crippen LogP contribution in [0.2, 0.25) is 5.02 Å². The number of halogens is 1. The Hall–Kier alpha value is -1.48. The Kier molecular flexibility index (Phi) is 3.97. The Bertz CT molecular complexity index is 585. The average Bonchev–Trinajstić information content (AvgIpc) is 3.08. The zero-order valence-electron chi connectivity index (χ0n) is 11.8. The van der Waals surface area contributed by atoms with Crippen LogP contribution in [0.5, 0.6) is 0 Å². The second kappa shape index (κ2) is 5.88. The Morgan fingerprint density at radius 1 is 1.30 bits per heavy atom. The van der Waals surface area contributed by atoms with Crippen molar-refractivity contribution in [1.82, 2.24) is 9.78 Å². The molecule has 4 heteroatoms. The predicted molar refractivity (Wildman–Crippen MR) is 83.2 cm³/mol. The van der Waals surface area contributed by atoms with Gasteiger partial charge in [-0.25, -0.2) is 0 Å². The summed E-state index contributed by atoms with van der Waals surface area (Å²) < 4.78 is 2.13. The van der Waals surface area contributed by atoms with Crippen LogP contribution in [0.25, 0.3) is 0 Å². The zero-order valence-corrected chi connectivity index (χ0v) is 12.5. The van der Waals surface area contributed by atoms with Gasteiger partial charge in [-0.15, -0.1) is 0 Å². The van der Waals surface area contributed by atoms with E-state index < -0.39 is 0 Å². The van der Waals surface area contributed by atoms with Crippen molar-refractivity contribution >= 4 is 17.3 Å². The molecule has 20 heavy (non-hydrogen) atoms. The first-order valence-electron chi connectivity index (χ1n) is 7.26. The van der Waals surface area contributed by atoms with Crippen molar-refractivity contribution in [2.75, 3.05) is 5.32 Å². The van der Waals surface area contributed by atoms with Crippen molar-refractivity contribution in [2.45, 2.75) is 45.2 Å². The zero-order chi connectivity index (χ0) is 13.9. The van der Waals surface area contributed by atoms with Crippen LogP contribution >= 0.6 is 11.6 Å². The lowest BCUT2D eigenvalue weighted by atomic mass is 10.2. The van der Waals surface area contributed by atoms with E-state index in [4.69, 9.17) is 11.6 Å². The number of aryl methyl sites for hydroxylation is 1. The molecule has 3 rings (SSSR count). The van der Waals surface area contributed by atoms with Gasteiger partial charge in [0.05, 0.1) is 29.0 Å². The van der Waals surface area contributed by atoms with Crippen LogP contribution in [0.1, 0.15) is 43.0 Å². The first kappa shape index (κ1) is 13.5. The summed E-state index contributed by atoms with van der Waals surface area (Å²) in [5.74, 6) is 0. The van der Waals surface area contributed by atoms with E-state index in [-0.39, 0.29) is 0 Å². The van der Waals surface area contributed by atoms with Gasteiger partial charge >= 0.3 is 0 Å². The molecule has 2 aromatic rings. The molecule has 1 saturated carbocycles. The van der Waals surface area contributed by atoms with Crippen LogP contribution in [0.15, 0.2) is 30.5 Å². The van der Waals surface area contributed by atoms with Crippen LogP contribution in [0.4, 0.5) is 5.69 Å². The lowest BCUT2D eigenvalue weighted by Crippen LogP contribution is -2.07. The van der Waals surface area contributed by atoms with E-state index in [0.717, 1.165) is 16.4 Å². The van der Waals surface area contributed by atoms with E-state index >= 15 is 0 Å². The minimum absolute atomic E-state index is 0.603. The number of hydrogen-bond donors (Lipinski definition) is 1. The highest BCUT2D eigenvalue weighted by Crippen LogP contribution is 2.29. The smallest absolute Gasteiger partial charge is 0.0815 e. The summed E-state index contributed by atoms with van der Waals surface area (Å²) in [6.45, 7) is 2.75. The summed E-state index contributed by atoms with van der Waals surface area (Å²) >= 11 is 6.22. The number of nitrogens with zero attached hydrogens (tertiary/aromatic N) is 2. The van der Waals surface area contributed by atoms with Gasteiger partial charge in [-0.05, 0) is 43.5 Å². The van der Waals surface area contributed by atoms with Gasteiger partial charge in [-0.1, -0.05) is 30.5 Å². The molecule has 1 fully saturated rings. The fourth-order valence-electron chi connectivity index (χ4n) is 2.79. The van der Waals surface area contributed by atoms with Crippen molar-refractivity contribution in [3.63, 3.8) is 0 Å². The molecule has 0 unspecified atom stereocenters. The van der Waals surface area contributed by atoms with Gasteiger partial charge in [-0.3, -0.25) is 4.68 Å². The molecule has 1 aliphatic rings. The predicted octanol–water partition coefficient (Wildman–Crippen LogP) is 4.57. The molecule has 0 atom stereocenters. The molecule has 1 N–H and O–H groups in total. The van der Waals surface area contributed by atoms with Gasteiger partial charge in [0.2, 0.25) is 0 Å². The number of benzene rings is 1. The normalized spacial score (nSPS) is 15.7. The maximum Gasteiger partial charge on any atom is 0.0815 e. The molecular formula is C16H20ClN3. The summed E-state index contributed by atoms with van der Waals surface area (Å²) in [7, 11) is 0. The van der Waals surface area contributed by atoms with Gasteiger partial charge in [0.1, 0.15) is 0 Å². The van der Waals surface area contributed by atoms with Crippen molar-refractivity contribution in [1.29, 1.82) is 0 Å². The van der Waals surface area contributed by atoms with Crippen molar-refractivity contribution in [3.05, 3.63) is 46.7 Å². The summed E-state index contributed by atoms with van der Waals surface area (Å²) in [6.07, 6.45) is 7.29. The van der Waals surface area contributed by atoms with E-state index in [2.05, 4.69) is 33.4 Å². The van der Waals surface area contributed by atoms with Crippen LogP contribution in [0, 0.1) is 6.92 Å². The Morgan fingerprint density at radius 2 is 2.10 bits per heavy atom. The monoisotopic (exact) mass is 289 g/mol. The first-order valence-corrected chi connectivity index (χ1v) is 7.64. The molecule has 0 spiro atoms. The van der Waals surface area contributed by atoms with E-state index in [9.17, 15) is 0 Å². The number of aromatic nitrogens is 2. The largest absolute Gasteiger partial charge is 0.378 e. The van der Waals surface area contributed by atoms with E-state index in [1.165, 1.54) is 31.2 Å². The third-order valence-corrected chi connectivity index (χ3v) is 4.26. The first-order chi connectivity index (χ1) is 9.72. The van der Waals surface area contributed by atoms with Gasteiger partial charge < -0.3 is 5.32 Å². The molecule has 0 bridgehead atoms. The molecule has 3 nitrogen and oxygen atoms in total. The number of rotatable bonds is 4.